The second kappa shape index (κ2) is 9.14. The summed E-state index contributed by atoms with van der Waals surface area (Å²) < 4.78 is 2.64. The molecule has 226 valence electrons. The van der Waals surface area contributed by atoms with E-state index in [-0.39, 0.29) is 5.41 Å². The van der Waals surface area contributed by atoms with Crippen molar-refractivity contribution in [1.82, 2.24) is 0 Å². The molecule has 3 aliphatic rings. The van der Waals surface area contributed by atoms with Crippen molar-refractivity contribution in [2.75, 3.05) is 4.90 Å². The van der Waals surface area contributed by atoms with E-state index in [0.717, 1.165) is 0 Å². The van der Waals surface area contributed by atoms with Gasteiger partial charge in [-0.15, -0.1) is 11.3 Å². The molecule has 0 aliphatic heterocycles. The first kappa shape index (κ1) is 26.0. The third-order valence-electron chi connectivity index (χ3n) is 11.4. The SMILES string of the molecule is c1ccc2c(c1)-c1cccc3c1C21c2cc(N(c4ccc5sc6ccccc6c5c4)c4cccc5ccccc45)ccc2-c2cccc-3c21. The Morgan fingerprint density at radius 2 is 0.959 bits per heavy atom. The first-order valence-electron chi connectivity index (χ1n) is 17.0. The summed E-state index contributed by atoms with van der Waals surface area (Å²) >= 11 is 1.87. The minimum Gasteiger partial charge on any atom is -0.310 e. The number of nitrogens with zero attached hydrogens (tertiary/aromatic N) is 1. The largest absolute Gasteiger partial charge is 0.310 e. The van der Waals surface area contributed by atoms with Crippen molar-refractivity contribution in [3.8, 4) is 33.4 Å². The molecule has 8 aromatic carbocycles. The zero-order valence-electron chi connectivity index (χ0n) is 26.4. The topological polar surface area (TPSA) is 3.24 Å². The summed E-state index contributed by atoms with van der Waals surface area (Å²) in [6.45, 7) is 0. The lowest BCUT2D eigenvalue weighted by molar-refractivity contribution is 0.818. The van der Waals surface area contributed by atoms with Crippen LogP contribution >= 0.6 is 11.3 Å². The Kier molecular flexibility index (Phi) is 4.86. The molecule has 1 atom stereocenters. The fourth-order valence-electron chi connectivity index (χ4n) is 9.56. The number of benzene rings is 8. The van der Waals surface area contributed by atoms with Gasteiger partial charge in [0.25, 0.3) is 0 Å². The van der Waals surface area contributed by atoms with Crippen LogP contribution in [0.5, 0.6) is 0 Å². The van der Waals surface area contributed by atoms with E-state index < -0.39 is 0 Å². The van der Waals surface area contributed by atoms with Gasteiger partial charge in [0.2, 0.25) is 0 Å². The standard InChI is InChI=1S/C47H27NS/c1-2-12-31-28(10-1)11-7-20-42(31)48(29-23-25-44-39(26-29)34-14-4-6-21-43(34)49-44)30-22-24-33-36-16-9-18-38-37-17-8-15-35-32-13-3-5-19-40(32)47(45(35)37,46(36)38)41(33)27-30/h1-27H. The number of hydrogen-bond donors (Lipinski definition) is 0. The highest BCUT2D eigenvalue weighted by atomic mass is 32.1. The Balaban J connectivity index is 1.17. The maximum Gasteiger partial charge on any atom is 0.0738 e. The van der Waals surface area contributed by atoms with Crippen LogP contribution in [0.1, 0.15) is 22.3 Å². The molecule has 1 spiro atoms. The average Bonchev–Trinajstić information content (AvgIpc) is 3.87. The van der Waals surface area contributed by atoms with Crippen molar-refractivity contribution >= 4 is 59.3 Å². The van der Waals surface area contributed by atoms with E-state index >= 15 is 0 Å². The molecular formula is C47H27NS. The predicted octanol–water partition coefficient (Wildman–Crippen LogP) is 13.0. The lowest BCUT2D eigenvalue weighted by atomic mass is 9.73. The van der Waals surface area contributed by atoms with E-state index in [1.165, 1.54) is 104 Å². The summed E-state index contributed by atoms with van der Waals surface area (Å²) in [6, 6.07) is 61.5. The number of anilines is 3. The van der Waals surface area contributed by atoms with Gasteiger partial charge in [-0.05, 0) is 103 Å². The molecule has 1 nitrogen and oxygen atoms in total. The molecule has 1 unspecified atom stereocenters. The quantitative estimate of drug-likeness (QED) is 0.186. The van der Waals surface area contributed by atoms with Gasteiger partial charge in [0.05, 0.1) is 11.1 Å². The van der Waals surface area contributed by atoms with Crippen molar-refractivity contribution in [3.05, 3.63) is 186 Å². The van der Waals surface area contributed by atoms with E-state index in [0.29, 0.717) is 0 Å². The summed E-state index contributed by atoms with van der Waals surface area (Å²) in [7, 11) is 0. The highest BCUT2D eigenvalue weighted by molar-refractivity contribution is 7.25. The van der Waals surface area contributed by atoms with Crippen LogP contribution in [-0.2, 0) is 5.41 Å². The molecule has 0 amide bonds. The first-order valence-corrected chi connectivity index (χ1v) is 17.8. The van der Waals surface area contributed by atoms with E-state index in [4.69, 9.17) is 0 Å². The maximum absolute atomic E-state index is 2.52. The molecule has 9 aromatic rings. The summed E-state index contributed by atoms with van der Waals surface area (Å²) in [5.74, 6) is 0. The van der Waals surface area contributed by atoms with Crippen molar-refractivity contribution in [2.45, 2.75) is 5.41 Å². The Morgan fingerprint density at radius 1 is 0.388 bits per heavy atom. The molecule has 1 heterocycles. The summed E-state index contributed by atoms with van der Waals surface area (Å²) in [5.41, 5.74) is 17.1. The number of hydrogen-bond acceptors (Lipinski definition) is 2. The van der Waals surface area contributed by atoms with E-state index in [2.05, 4.69) is 169 Å². The molecule has 0 saturated carbocycles. The maximum atomic E-state index is 2.52. The Bertz CT molecular complexity index is 2870. The highest BCUT2D eigenvalue weighted by Crippen LogP contribution is 2.70. The van der Waals surface area contributed by atoms with Crippen molar-refractivity contribution in [1.29, 1.82) is 0 Å². The van der Waals surface area contributed by atoms with Gasteiger partial charge in [-0.2, -0.15) is 0 Å². The zero-order valence-corrected chi connectivity index (χ0v) is 27.3. The van der Waals surface area contributed by atoms with Gasteiger partial charge in [-0.25, -0.2) is 0 Å². The Labute approximate surface area is 288 Å². The van der Waals surface area contributed by atoms with Crippen molar-refractivity contribution < 1.29 is 0 Å². The summed E-state index contributed by atoms with van der Waals surface area (Å²) in [6.07, 6.45) is 0. The van der Waals surface area contributed by atoms with Crippen LogP contribution in [0.15, 0.2) is 164 Å². The van der Waals surface area contributed by atoms with Crippen LogP contribution in [0.4, 0.5) is 17.1 Å². The van der Waals surface area contributed by atoms with Gasteiger partial charge < -0.3 is 4.90 Å². The summed E-state index contributed by atoms with van der Waals surface area (Å²) in [5, 5.41) is 5.10. The first-order chi connectivity index (χ1) is 24.3. The normalized spacial score (nSPS) is 15.8. The molecule has 0 bridgehead atoms. The third-order valence-corrected chi connectivity index (χ3v) is 12.5. The van der Waals surface area contributed by atoms with Crippen molar-refractivity contribution in [3.63, 3.8) is 0 Å². The Hall–Kier alpha value is -5.96. The van der Waals surface area contributed by atoms with Gasteiger partial charge >= 0.3 is 0 Å². The van der Waals surface area contributed by atoms with Crippen LogP contribution in [0.3, 0.4) is 0 Å². The monoisotopic (exact) mass is 637 g/mol. The number of rotatable bonds is 3. The minimum atomic E-state index is -0.322. The van der Waals surface area contributed by atoms with E-state index in [1.54, 1.807) is 0 Å². The molecule has 3 aliphatic carbocycles. The zero-order chi connectivity index (χ0) is 31.8. The molecule has 12 rings (SSSR count). The summed E-state index contributed by atoms with van der Waals surface area (Å²) in [4.78, 5) is 2.50. The fraction of sp³-hybridized carbons (Fsp3) is 0.0213. The molecular weight excluding hydrogens is 611 g/mol. The van der Waals surface area contributed by atoms with Gasteiger partial charge in [0.1, 0.15) is 0 Å². The van der Waals surface area contributed by atoms with Crippen LogP contribution < -0.4 is 4.90 Å². The molecule has 0 fully saturated rings. The highest BCUT2D eigenvalue weighted by Gasteiger charge is 2.57. The minimum absolute atomic E-state index is 0.322. The van der Waals surface area contributed by atoms with Crippen LogP contribution in [0.25, 0.3) is 64.3 Å². The van der Waals surface area contributed by atoms with Crippen molar-refractivity contribution in [2.24, 2.45) is 0 Å². The third kappa shape index (κ3) is 3.12. The smallest absolute Gasteiger partial charge is 0.0738 e. The second-order valence-electron chi connectivity index (χ2n) is 13.6. The average molecular weight is 638 g/mol. The predicted molar refractivity (Wildman–Crippen MR) is 207 cm³/mol. The molecule has 0 radical (unpaired) electrons. The molecule has 0 saturated heterocycles. The second-order valence-corrected chi connectivity index (χ2v) is 14.7. The van der Waals surface area contributed by atoms with Gasteiger partial charge in [-0.3, -0.25) is 0 Å². The van der Waals surface area contributed by atoms with Gasteiger partial charge in [-0.1, -0.05) is 121 Å². The van der Waals surface area contributed by atoms with Gasteiger partial charge in [0, 0.05) is 36.9 Å². The van der Waals surface area contributed by atoms with Gasteiger partial charge in [0.15, 0.2) is 0 Å². The van der Waals surface area contributed by atoms with Crippen LogP contribution in [0, 0.1) is 0 Å². The molecule has 1 aromatic heterocycles. The van der Waals surface area contributed by atoms with E-state index in [9.17, 15) is 0 Å². The number of fused-ring (bicyclic) bond motifs is 9. The van der Waals surface area contributed by atoms with Crippen LogP contribution in [0.2, 0.25) is 0 Å². The fourth-order valence-corrected chi connectivity index (χ4v) is 10.7. The van der Waals surface area contributed by atoms with E-state index in [1.807, 2.05) is 11.3 Å². The Morgan fingerprint density at radius 3 is 1.80 bits per heavy atom. The molecule has 2 heteroatoms. The number of thiophene rings is 1. The lowest BCUT2D eigenvalue weighted by Gasteiger charge is -2.31. The van der Waals surface area contributed by atoms with Crippen LogP contribution in [-0.4, -0.2) is 0 Å². The molecule has 49 heavy (non-hydrogen) atoms. The lowest BCUT2D eigenvalue weighted by Crippen LogP contribution is -2.23. The molecule has 0 N–H and O–H groups in total.